The van der Waals surface area contributed by atoms with Gasteiger partial charge in [-0.15, -0.1) is 0 Å². The summed E-state index contributed by atoms with van der Waals surface area (Å²) in [5, 5.41) is 11.2. The van der Waals surface area contributed by atoms with E-state index in [4.69, 9.17) is 4.74 Å². The summed E-state index contributed by atoms with van der Waals surface area (Å²) in [6.45, 7) is 1.71. The molecular weight excluding hydrogens is 404 g/mol. The van der Waals surface area contributed by atoms with Crippen LogP contribution in [0.15, 0.2) is 46.9 Å². The third-order valence-corrected chi connectivity index (χ3v) is 4.99. The summed E-state index contributed by atoms with van der Waals surface area (Å²) in [6.07, 6.45) is -0.143. The van der Waals surface area contributed by atoms with Gasteiger partial charge in [0.05, 0.1) is 18.6 Å². The van der Waals surface area contributed by atoms with Crippen LogP contribution in [0, 0.1) is 10.1 Å². The molecule has 0 spiro atoms. The molecule has 0 saturated carbocycles. The lowest BCUT2D eigenvalue weighted by Crippen LogP contribution is -2.38. The van der Waals surface area contributed by atoms with Gasteiger partial charge >= 0.3 is 5.97 Å². The van der Waals surface area contributed by atoms with E-state index in [2.05, 4.69) is 20.7 Å². The summed E-state index contributed by atoms with van der Waals surface area (Å²) in [5.74, 6) is -0.728. The minimum absolute atomic E-state index is 0.0565. The molecule has 26 heavy (non-hydrogen) atoms. The number of halogens is 1. The Morgan fingerprint density at radius 1 is 1.35 bits per heavy atom. The Bertz CT molecular complexity index is 842. The van der Waals surface area contributed by atoms with Gasteiger partial charge in [0.15, 0.2) is 0 Å². The molecule has 1 aliphatic heterocycles. The minimum atomic E-state index is -0.728. The van der Waals surface area contributed by atoms with Crippen molar-refractivity contribution >= 4 is 33.3 Å². The van der Waals surface area contributed by atoms with Gasteiger partial charge in [-0.05, 0) is 23.8 Å². The zero-order valence-corrected chi connectivity index (χ0v) is 15.6. The van der Waals surface area contributed by atoms with E-state index in [1.165, 1.54) is 19.2 Å². The van der Waals surface area contributed by atoms with Gasteiger partial charge < -0.3 is 14.4 Å². The normalized spacial score (nSPS) is 17.0. The second-order valence-electron chi connectivity index (χ2n) is 5.78. The third-order valence-electron chi connectivity index (χ3n) is 4.27. The van der Waals surface area contributed by atoms with Gasteiger partial charge in [0.1, 0.15) is 11.7 Å². The average Bonchev–Trinajstić information content (AvgIpc) is 2.67. The fraction of sp³-hybridized carbons (Fsp3) is 0.278. The largest absolute Gasteiger partial charge is 0.465 e. The van der Waals surface area contributed by atoms with Gasteiger partial charge in [-0.1, -0.05) is 34.1 Å². The number of benzene rings is 2. The van der Waals surface area contributed by atoms with Gasteiger partial charge in [-0.25, -0.2) is 4.79 Å². The maximum Gasteiger partial charge on any atom is 0.344 e. The van der Waals surface area contributed by atoms with Crippen molar-refractivity contribution in [3.05, 3.63) is 68.2 Å². The van der Waals surface area contributed by atoms with Crippen molar-refractivity contribution in [2.75, 3.05) is 31.7 Å². The molecule has 0 aromatic heterocycles. The molecule has 1 heterocycles. The molecule has 0 N–H and O–H groups in total. The van der Waals surface area contributed by atoms with E-state index in [1.807, 2.05) is 29.2 Å². The van der Waals surface area contributed by atoms with Gasteiger partial charge in [-0.3, -0.25) is 10.1 Å². The SMILES string of the molecule is COC(=O)c1cc(N2CCOC(c3ccccc3Br)C2)ccc1[N+](=O)[O-]. The first kappa shape index (κ1) is 18.3. The topological polar surface area (TPSA) is 81.9 Å². The zero-order valence-electron chi connectivity index (χ0n) is 14.1. The van der Waals surface area contributed by atoms with Crippen molar-refractivity contribution in [1.29, 1.82) is 0 Å². The Labute approximate surface area is 158 Å². The van der Waals surface area contributed by atoms with Crippen molar-refractivity contribution < 1.29 is 19.2 Å². The fourth-order valence-electron chi connectivity index (χ4n) is 2.96. The number of morpholine rings is 1. The highest BCUT2D eigenvalue weighted by atomic mass is 79.9. The summed E-state index contributed by atoms with van der Waals surface area (Å²) in [5.41, 5.74) is 1.43. The van der Waals surface area contributed by atoms with E-state index in [1.54, 1.807) is 6.07 Å². The van der Waals surface area contributed by atoms with Crippen LogP contribution in [0.2, 0.25) is 0 Å². The van der Waals surface area contributed by atoms with Crippen molar-refractivity contribution in [1.82, 2.24) is 0 Å². The molecule has 0 aliphatic carbocycles. The summed E-state index contributed by atoms with van der Waals surface area (Å²) in [4.78, 5) is 24.6. The average molecular weight is 421 g/mol. The molecule has 1 atom stereocenters. The number of rotatable bonds is 4. The van der Waals surface area contributed by atoms with Crippen molar-refractivity contribution in [3.8, 4) is 0 Å². The van der Waals surface area contributed by atoms with Crippen LogP contribution in [-0.4, -0.2) is 37.7 Å². The highest BCUT2D eigenvalue weighted by Crippen LogP contribution is 2.32. The lowest BCUT2D eigenvalue weighted by Gasteiger charge is -2.35. The van der Waals surface area contributed by atoms with Crippen LogP contribution in [0.4, 0.5) is 11.4 Å². The number of nitro benzene ring substituents is 1. The Hall–Kier alpha value is -2.45. The maximum atomic E-state index is 11.9. The van der Waals surface area contributed by atoms with Gasteiger partial charge in [0.25, 0.3) is 5.69 Å². The van der Waals surface area contributed by atoms with E-state index in [-0.39, 0.29) is 17.4 Å². The molecular formula is C18H17BrN2O5. The zero-order chi connectivity index (χ0) is 18.7. The van der Waals surface area contributed by atoms with Crippen LogP contribution < -0.4 is 4.90 Å². The summed E-state index contributed by atoms with van der Waals surface area (Å²) in [6, 6.07) is 12.3. The number of anilines is 1. The van der Waals surface area contributed by atoms with Crippen molar-refractivity contribution in [2.45, 2.75) is 6.10 Å². The van der Waals surface area contributed by atoms with Gasteiger partial charge in [-0.2, -0.15) is 0 Å². The number of nitrogens with zero attached hydrogens (tertiary/aromatic N) is 2. The molecule has 0 radical (unpaired) electrons. The predicted molar refractivity (Wildman–Crippen MR) is 99.5 cm³/mol. The van der Waals surface area contributed by atoms with Crippen LogP contribution >= 0.6 is 15.9 Å². The Morgan fingerprint density at radius 2 is 2.12 bits per heavy atom. The molecule has 0 amide bonds. The number of carbonyl (C=O) groups excluding carboxylic acids is 1. The summed E-state index contributed by atoms with van der Waals surface area (Å²) >= 11 is 3.54. The smallest absolute Gasteiger partial charge is 0.344 e. The molecule has 8 heteroatoms. The van der Waals surface area contributed by atoms with Crippen LogP contribution in [0.3, 0.4) is 0 Å². The summed E-state index contributed by atoms with van der Waals surface area (Å²) < 4.78 is 11.5. The first-order chi connectivity index (χ1) is 12.5. The maximum absolute atomic E-state index is 11.9. The molecule has 2 aromatic carbocycles. The first-order valence-electron chi connectivity index (χ1n) is 7.99. The van der Waals surface area contributed by atoms with Crippen molar-refractivity contribution in [2.24, 2.45) is 0 Å². The molecule has 1 saturated heterocycles. The molecule has 7 nitrogen and oxygen atoms in total. The van der Waals surface area contributed by atoms with Crippen LogP contribution in [0.25, 0.3) is 0 Å². The number of ether oxygens (including phenoxy) is 2. The number of hydrogen-bond acceptors (Lipinski definition) is 6. The minimum Gasteiger partial charge on any atom is -0.465 e. The number of hydrogen-bond donors (Lipinski definition) is 0. The standard InChI is InChI=1S/C18H17BrN2O5/c1-25-18(22)14-10-12(6-7-16(14)21(23)24)20-8-9-26-17(11-20)13-4-2-3-5-15(13)19/h2-7,10,17H,8-9,11H2,1H3. The molecule has 3 rings (SSSR count). The molecule has 0 bridgehead atoms. The molecule has 1 unspecified atom stereocenters. The van der Waals surface area contributed by atoms with Crippen LogP contribution in [0.5, 0.6) is 0 Å². The lowest BCUT2D eigenvalue weighted by atomic mass is 10.1. The second kappa shape index (κ2) is 7.84. The Balaban J connectivity index is 1.90. The Morgan fingerprint density at radius 3 is 2.81 bits per heavy atom. The molecule has 1 fully saturated rings. The van der Waals surface area contributed by atoms with Gasteiger partial charge in [0.2, 0.25) is 0 Å². The van der Waals surface area contributed by atoms with E-state index in [9.17, 15) is 14.9 Å². The number of carbonyl (C=O) groups is 1. The van der Waals surface area contributed by atoms with Gasteiger partial charge in [0, 0.05) is 29.3 Å². The highest BCUT2D eigenvalue weighted by molar-refractivity contribution is 9.10. The number of methoxy groups -OCH3 is 1. The highest BCUT2D eigenvalue weighted by Gasteiger charge is 2.27. The third kappa shape index (κ3) is 3.71. The van der Waals surface area contributed by atoms with E-state index in [0.717, 1.165) is 15.7 Å². The quantitative estimate of drug-likeness (QED) is 0.425. The first-order valence-corrected chi connectivity index (χ1v) is 8.78. The fourth-order valence-corrected chi connectivity index (χ4v) is 3.50. The lowest BCUT2D eigenvalue weighted by molar-refractivity contribution is -0.385. The van der Waals surface area contributed by atoms with Crippen LogP contribution in [-0.2, 0) is 9.47 Å². The summed E-state index contributed by atoms with van der Waals surface area (Å²) in [7, 11) is 1.20. The van der Waals surface area contributed by atoms with E-state index in [0.29, 0.717) is 19.7 Å². The predicted octanol–water partition coefficient (Wildman–Crippen LogP) is 3.72. The Kier molecular flexibility index (Phi) is 5.53. The number of esters is 1. The second-order valence-corrected chi connectivity index (χ2v) is 6.63. The molecule has 2 aromatic rings. The van der Waals surface area contributed by atoms with Crippen molar-refractivity contribution in [3.63, 3.8) is 0 Å². The molecule has 1 aliphatic rings. The molecule has 136 valence electrons. The van der Waals surface area contributed by atoms with E-state index >= 15 is 0 Å². The van der Waals surface area contributed by atoms with E-state index < -0.39 is 10.9 Å². The van der Waals surface area contributed by atoms with Crippen LogP contribution in [0.1, 0.15) is 22.0 Å². The monoisotopic (exact) mass is 420 g/mol. The number of nitro groups is 1.